The molecule has 0 amide bonds. The van der Waals surface area contributed by atoms with E-state index in [1.54, 1.807) is 0 Å². The predicted molar refractivity (Wildman–Crippen MR) is 75.2 cm³/mol. The van der Waals surface area contributed by atoms with Gasteiger partial charge >= 0.3 is 0 Å². The number of aliphatic hydroxyl groups excluding tert-OH is 1. The van der Waals surface area contributed by atoms with Crippen molar-refractivity contribution < 1.29 is 5.11 Å². The van der Waals surface area contributed by atoms with E-state index in [9.17, 15) is 0 Å². The molecule has 1 aliphatic rings. The van der Waals surface area contributed by atoms with Gasteiger partial charge in [-0.25, -0.2) is 0 Å². The Balaban J connectivity index is 2.14. The second kappa shape index (κ2) is 5.89. The summed E-state index contributed by atoms with van der Waals surface area (Å²) in [5.41, 5.74) is 7.71. The zero-order valence-corrected chi connectivity index (χ0v) is 11.4. The van der Waals surface area contributed by atoms with Crippen molar-refractivity contribution in [3.8, 4) is 0 Å². The van der Waals surface area contributed by atoms with Crippen molar-refractivity contribution in [2.75, 3.05) is 44.7 Å². The number of piperazine rings is 1. The molecule has 1 unspecified atom stereocenters. The lowest BCUT2D eigenvalue weighted by molar-refractivity contribution is 0.268. The van der Waals surface area contributed by atoms with E-state index in [2.05, 4.69) is 16.8 Å². The Kier molecular flexibility index (Phi) is 4.45. The molecule has 1 aromatic rings. The van der Waals surface area contributed by atoms with Crippen LogP contribution in [0.4, 0.5) is 5.69 Å². The first-order chi connectivity index (χ1) is 8.61. The van der Waals surface area contributed by atoms with Gasteiger partial charge in [-0.05, 0) is 24.7 Å². The van der Waals surface area contributed by atoms with Crippen LogP contribution in [0.15, 0.2) is 18.2 Å². The van der Waals surface area contributed by atoms with Crippen LogP contribution in [-0.2, 0) is 0 Å². The average Bonchev–Trinajstić information content (AvgIpc) is 2.39. The summed E-state index contributed by atoms with van der Waals surface area (Å²) in [5.74, 6) is 0. The molecule has 0 spiro atoms. The van der Waals surface area contributed by atoms with Crippen molar-refractivity contribution >= 4 is 17.3 Å². The highest BCUT2D eigenvalue weighted by Gasteiger charge is 2.17. The molecule has 0 aromatic heterocycles. The van der Waals surface area contributed by atoms with E-state index in [0.29, 0.717) is 5.02 Å². The molecule has 0 bridgehead atoms. The molecule has 1 atom stereocenters. The van der Waals surface area contributed by atoms with Crippen molar-refractivity contribution in [2.45, 2.75) is 6.04 Å². The molecule has 0 saturated carbocycles. The van der Waals surface area contributed by atoms with E-state index in [-0.39, 0.29) is 12.6 Å². The second-order valence-electron chi connectivity index (χ2n) is 4.79. The van der Waals surface area contributed by atoms with E-state index in [1.165, 1.54) is 0 Å². The lowest BCUT2D eigenvalue weighted by Crippen LogP contribution is -2.44. The minimum atomic E-state index is -0.357. The molecule has 1 heterocycles. The Labute approximate surface area is 113 Å². The fraction of sp³-hybridized carbons (Fsp3) is 0.538. The number of nitrogens with two attached hydrogens (primary N) is 1. The van der Waals surface area contributed by atoms with E-state index in [4.69, 9.17) is 22.4 Å². The van der Waals surface area contributed by atoms with Crippen LogP contribution in [-0.4, -0.2) is 49.8 Å². The molecule has 0 radical (unpaired) electrons. The van der Waals surface area contributed by atoms with Crippen LogP contribution in [0.5, 0.6) is 0 Å². The fourth-order valence-corrected chi connectivity index (χ4v) is 2.47. The maximum absolute atomic E-state index is 9.04. The predicted octanol–water partition coefficient (Wildman–Crippen LogP) is 1.08. The molecule has 5 heteroatoms. The first-order valence-corrected chi connectivity index (χ1v) is 6.59. The normalized spacial score (nSPS) is 19.0. The molecular formula is C13H20ClN3O. The van der Waals surface area contributed by atoms with Crippen molar-refractivity contribution in [1.82, 2.24) is 4.90 Å². The van der Waals surface area contributed by atoms with Crippen molar-refractivity contribution in [2.24, 2.45) is 5.73 Å². The van der Waals surface area contributed by atoms with Gasteiger partial charge in [0.25, 0.3) is 0 Å². The molecule has 3 N–H and O–H groups in total. The number of nitrogens with zero attached hydrogens (tertiary/aromatic N) is 2. The molecule has 1 fully saturated rings. The Morgan fingerprint density at radius 3 is 2.56 bits per heavy atom. The number of benzene rings is 1. The highest BCUT2D eigenvalue weighted by molar-refractivity contribution is 6.33. The number of hydrogen-bond donors (Lipinski definition) is 2. The first-order valence-electron chi connectivity index (χ1n) is 6.21. The summed E-state index contributed by atoms with van der Waals surface area (Å²) in [6.07, 6.45) is 0. The maximum Gasteiger partial charge on any atom is 0.0642 e. The van der Waals surface area contributed by atoms with Crippen LogP contribution in [0.2, 0.25) is 5.02 Å². The quantitative estimate of drug-likeness (QED) is 0.862. The van der Waals surface area contributed by atoms with Gasteiger partial charge in [-0.2, -0.15) is 0 Å². The molecule has 4 nitrogen and oxygen atoms in total. The summed E-state index contributed by atoms with van der Waals surface area (Å²) in [4.78, 5) is 4.59. The first kappa shape index (κ1) is 13.6. The lowest BCUT2D eigenvalue weighted by atomic mass is 10.1. The van der Waals surface area contributed by atoms with Crippen LogP contribution in [0.3, 0.4) is 0 Å². The summed E-state index contributed by atoms with van der Waals surface area (Å²) in [6.45, 7) is 4.01. The third-order valence-corrected chi connectivity index (χ3v) is 3.74. The summed E-state index contributed by atoms with van der Waals surface area (Å²) in [6, 6.07) is 5.44. The van der Waals surface area contributed by atoms with Crippen LogP contribution in [0.25, 0.3) is 0 Å². The second-order valence-corrected chi connectivity index (χ2v) is 5.20. The third kappa shape index (κ3) is 2.95. The Hall–Kier alpha value is -0.810. The molecule has 100 valence electrons. The Morgan fingerprint density at radius 2 is 2.00 bits per heavy atom. The van der Waals surface area contributed by atoms with Gasteiger partial charge in [0.15, 0.2) is 0 Å². The van der Waals surface area contributed by atoms with Gasteiger partial charge in [-0.3, -0.25) is 0 Å². The van der Waals surface area contributed by atoms with Gasteiger partial charge in [0.1, 0.15) is 0 Å². The number of halogens is 1. The minimum Gasteiger partial charge on any atom is -0.394 e. The van der Waals surface area contributed by atoms with E-state index >= 15 is 0 Å². The van der Waals surface area contributed by atoms with Gasteiger partial charge < -0.3 is 20.6 Å². The van der Waals surface area contributed by atoms with Crippen LogP contribution < -0.4 is 10.6 Å². The molecule has 1 aromatic carbocycles. The Bertz CT molecular complexity index is 405. The minimum absolute atomic E-state index is 0.0653. The van der Waals surface area contributed by atoms with E-state index in [0.717, 1.165) is 37.4 Å². The third-order valence-electron chi connectivity index (χ3n) is 3.44. The van der Waals surface area contributed by atoms with E-state index < -0.39 is 0 Å². The molecule has 2 rings (SSSR count). The standard InChI is InChI=1S/C13H20ClN3O/c1-16-4-6-17(7-5-16)13-3-2-10(8-11(13)14)12(15)9-18/h2-3,8,12,18H,4-7,9,15H2,1H3. The number of likely N-dealkylation sites (N-methyl/N-ethyl adjacent to an activating group) is 1. The molecule has 1 aliphatic heterocycles. The highest BCUT2D eigenvalue weighted by Crippen LogP contribution is 2.29. The number of aliphatic hydroxyl groups is 1. The largest absolute Gasteiger partial charge is 0.394 e. The number of anilines is 1. The summed E-state index contributed by atoms with van der Waals surface area (Å²) < 4.78 is 0. The zero-order valence-electron chi connectivity index (χ0n) is 10.6. The highest BCUT2D eigenvalue weighted by atomic mass is 35.5. The molecule has 18 heavy (non-hydrogen) atoms. The van der Waals surface area contributed by atoms with Gasteiger partial charge in [-0.15, -0.1) is 0 Å². The number of hydrogen-bond acceptors (Lipinski definition) is 4. The average molecular weight is 270 g/mol. The number of rotatable bonds is 3. The van der Waals surface area contributed by atoms with E-state index in [1.807, 2.05) is 18.2 Å². The Morgan fingerprint density at radius 1 is 1.33 bits per heavy atom. The summed E-state index contributed by atoms with van der Waals surface area (Å²) in [5, 5.41) is 9.75. The van der Waals surface area contributed by atoms with Crippen molar-refractivity contribution in [1.29, 1.82) is 0 Å². The van der Waals surface area contributed by atoms with Crippen LogP contribution >= 0.6 is 11.6 Å². The maximum atomic E-state index is 9.04. The fourth-order valence-electron chi connectivity index (χ4n) is 2.16. The van der Waals surface area contributed by atoms with Crippen LogP contribution in [0.1, 0.15) is 11.6 Å². The SMILES string of the molecule is CN1CCN(c2ccc(C(N)CO)cc2Cl)CC1. The molecule has 1 saturated heterocycles. The topological polar surface area (TPSA) is 52.7 Å². The van der Waals surface area contributed by atoms with Crippen molar-refractivity contribution in [3.63, 3.8) is 0 Å². The lowest BCUT2D eigenvalue weighted by Gasteiger charge is -2.34. The smallest absolute Gasteiger partial charge is 0.0642 e. The van der Waals surface area contributed by atoms with Crippen LogP contribution in [0, 0.1) is 0 Å². The van der Waals surface area contributed by atoms with Crippen molar-refractivity contribution in [3.05, 3.63) is 28.8 Å². The molecule has 0 aliphatic carbocycles. The summed E-state index contributed by atoms with van der Waals surface area (Å²) >= 11 is 6.31. The summed E-state index contributed by atoms with van der Waals surface area (Å²) in [7, 11) is 2.13. The molecular weight excluding hydrogens is 250 g/mol. The van der Waals surface area contributed by atoms with Gasteiger partial charge in [0.2, 0.25) is 0 Å². The van der Waals surface area contributed by atoms with Gasteiger partial charge in [0, 0.05) is 26.2 Å². The van der Waals surface area contributed by atoms with Gasteiger partial charge in [0.05, 0.1) is 23.4 Å². The van der Waals surface area contributed by atoms with Gasteiger partial charge in [-0.1, -0.05) is 17.7 Å². The monoisotopic (exact) mass is 269 g/mol. The zero-order chi connectivity index (χ0) is 13.1.